The number of nitrogens with zero attached hydrogens (tertiary/aromatic N) is 1. The Bertz CT molecular complexity index is 180. The summed E-state index contributed by atoms with van der Waals surface area (Å²) in [5.41, 5.74) is 0. The molecule has 1 rings (SSSR count). The lowest BCUT2D eigenvalue weighted by Crippen LogP contribution is -2.29. The SMILES string of the molecule is O=C(N=C=S)[C@@H]1CCCN1. The van der Waals surface area contributed by atoms with Crippen LogP contribution in [0.4, 0.5) is 0 Å². The molecule has 0 aliphatic carbocycles. The van der Waals surface area contributed by atoms with E-state index in [1.807, 2.05) is 0 Å². The van der Waals surface area contributed by atoms with Crippen molar-refractivity contribution in [1.29, 1.82) is 0 Å². The van der Waals surface area contributed by atoms with Gasteiger partial charge >= 0.3 is 0 Å². The first-order valence-electron chi connectivity index (χ1n) is 3.19. The molecule has 0 unspecified atom stereocenters. The number of hydrogen-bond donors (Lipinski definition) is 1. The lowest BCUT2D eigenvalue weighted by atomic mass is 10.2. The molecule has 10 heavy (non-hydrogen) atoms. The molecule has 1 aliphatic heterocycles. The molecule has 1 fully saturated rings. The number of aliphatic imine (C=N–C) groups is 1. The highest BCUT2D eigenvalue weighted by molar-refractivity contribution is 7.78. The number of amides is 1. The van der Waals surface area contributed by atoms with Crippen molar-refractivity contribution in [2.45, 2.75) is 18.9 Å². The van der Waals surface area contributed by atoms with Gasteiger partial charge < -0.3 is 5.32 Å². The van der Waals surface area contributed by atoms with Gasteiger partial charge in [-0.2, -0.15) is 4.99 Å². The molecule has 1 aliphatic rings. The second kappa shape index (κ2) is 3.56. The molecule has 4 heteroatoms. The maximum absolute atomic E-state index is 10.9. The molecule has 1 heterocycles. The van der Waals surface area contributed by atoms with Gasteiger partial charge in [-0.25, -0.2) is 0 Å². The number of hydrogen-bond acceptors (Lipinski definition) is 3. The topological polar surface area (TPSA) is 41.5 Å². The zero-order valence-corrected chi connectivity index (χ0v) is 6.28. The molecule has 0 aromatic rings. The van der Waals surface area contributed by atoms with E-state index in [-0.39, 0.29) is 11.9 Å². The Morgan fingerprint density at radius 3 is 3.10 bits per heavy atom. The largest absolute Gasteiger partial charge is 0.306 e. The smallest absolute Gasteiger partial charge is 0.271 e. The number of nitrogens with one attached hydrogen (secondary N) is 1. The third-order valence-corrected chi connectivity index (χ3v) is 1.61. The summed E-state index contributed by atoms with van der Waals surface area (Å²) < 4.78 is 0. The van der Waals surface area contributed by atoms with Crippen LogP contribution in [0.5, 0.6) is 0 Å². The van der Waals surface area contributed by atoms with Crippen LogP contribution in [0.2, 0.25) is 0 Å². The highest BCUT2D eigenvalue weighted by Crippen LogP contribution is 2.05. The van der Waals surface area contributed by atoms with Gasteiger partial charge in [0.2, 0.25) is 0 Å². The van der Waals surface area contributed by atoms with Crippen molar-refractivity contribution >= 4 is 23.3 Å². The van der Waals surface area contributed by atoms with Crippen molar-refractivity contribution < 1.29 is 4.79 Å². The van der Waals surface area contributed by atoms with Crippen LogP contribution in [0, 0.1) is 0 Å². The first kappa shape index (κ1) is 7.54. The van der Waals surface area contributed by atoms with E-state index in [0.29, 0.717) is 0 Å². The summed E-state index contributed by atoms with van der Waals surface area (Å²) in [4.78, 5) is 14.3. The summed E-state index contributed by atoms with van der Waals surface area (Å²) in [6.07, 6.45) is 1.92. The average Bonchev–Trinajstić information content (AvgIpc) is 2.38. The lowest BCUT2D eigenvalue weighted by Gasteiger charge is -2.00. The Morgan fingerprint density at radius 1 is 1.80 bits per heavy atom. The Labute approximate surface area is 64.5 Å². The maximum atomic E-state index is 10.9. The van der Waals surface area contributed by atoms with Gasteiger partial charge in [-0.1, -0.05) is 0 Å². The van der Waals surface area contributed by atoms with Crippen LogP contribution < -0.4 is 5.32 Å². The van der Waals surface area contributed by atoms with Crippen molar-refractivity contribution in [2.75, 3.05) is 6.54 Å². The van der Waals surface area contributed by atoms with Crippen LogP contribution in [0.3, 0.4) is 0 Å². The van der Waals surface area contributed by atoms with E-state index in [1.54, 1.807) is 0 Å². The highest BCUT2D eigenvalue weighted by atomic mass is 32.1. The Kier molecular flexibility index (Phi) is 2.68. The predicted octanol–water partition coefficient (Wildman–Crippen LogP) is 0.368. The molecule has 1 amide bonds. The zero-order chi connectivity index (χ0) is 7.40. The van der Waals surface area contributed by atoms with Gasteiger partial charge in [0, 0.05) is 0 Å². The van der Waals surface area contributed by atoms with Gasteiger partial charge in [0.05, 0.1) is 11.2 Å². The van der Waals surface area contributed by atoms with E-state index in [2.05, 4.69) is 27.7 Å². The molecule has 54 valence electrons. The van der Waals surface area contributed by atoms with Crippen molar-refractivity contribution in [2.24, 2.45) is 4.99 Å². The molecule has 1 atom stereocenters. The Morgan fingerprint density at radius 2 is 2.60 bits per heavy atom. The second-order valence-corrected chi connectivity index (χ2v) is 2.37. The molecule has 0 bridgehead atoms. The third-order valence-electron chi connectivity index (χ3n) is 1.51. The van der Waals surface area contributed by atoms with E-state index in [4.69, 9.17) is 0 Å². The minimum Gasteiger partial charge on any atom is -0.306 e. The van der Waals surface area contributed by atoms with Gasteiger partial charge in [-0.3, -0.25) is 4.79 Å². The molecule has 0 spiro atoms. The van der Waals surface area contributed by atoms with Crippen LogP contribution in [0.25, 0.3) is 0 Å². The zero-order valence-electron chi connectivity index (χ0n) is 5.46. The van der Waals surface area contributed by atoms with Crippen LogP contribution in [0.15, 0.2) is 4.99 Å². The normalized spacial score (nSPS) is 23.8. The third kappa shape index (κ3) is 1.70. The standard InChI is InChI=1S/C6H8N2OS/c9-6(8-4-10)5-2-1-3-7-5/h5,7H,1-3H2/t5-/m0/s1. The molecule has 0 saturated carbocycles. The molecule has 3 nitrogen and oxygen atoms in total. The molecule has 0 aromatic heterocycles. The van der Waals surface area contributed by atoms with Crippen molar-refractivity contribution in [3.63, 3.8) is 0 Å². The van der Waals surface area contributed by atoms with Gasteiger partial charge in [-0.15, -0.1) is 0 Å². The van der Waals surface area contributed by atoms with E-state index in [9.17, 15) is 4.79 Å². The summed E-state index contributed by atoms with van der Waals surface area (Å²) in [6, 6.07) is -0.101. The molecular weight excluding hydrogens is 148 g/mol. The number of thiocarbonyl (C=S) groups is 1. The average molecular weight is 156 g/mol. The molecular formula is C6H8N2OS. The summed E-state index contributed by atoms with van der Waals surface area (Å²) in [6.45, 7) is 0.906. The predicted molar refractivity (Wildman–Crippen MR) is 41.1 cm³/mol. The van der Waals surface area contributed by atoms with Crippen LogP contribution in [-0.2, 0) is 4.79 Å². The summed E-state index contributed by atoms with van der Waals surface area (Å²) in [7, 11) is 0. The van der Waals surface area contributed by atoms with Crippen LogP contribution in [0.1, 0.15) is 12.8 Å². The molecule has 1 saturated heterocycles. The number of isothiocyanates is 1. The second-order valence-electron chi connectivity index (χ2n) is 2.19. The fourth-order valence-electron chi connectivity index (χ4n) is 1.02. The van der Waals surface area contributed by atoms with E-state index >= 15 is 0 Å². The molecule has 0 radical (unpaired) electrons. The number of carbonyl (C=O) groups is 1. The van der Waals surface area contributed by atoms with Crippen LogP contribution in [-0.4, -0.2) is 23.7 Å². The fraction of sp³-hybridized carbons (Fsp3) is 0.667. The minimum atomic E-state index is -0.187. The Balaban J connectivity index is 2.47. The van der Waals surface area contributed by atoms with E-state index in [1.165, 1.54) is 0 Å². The number of rotatable bonds is 1. The summed E-state index contributed by atoms with van der Waals surface area (Å²) in [5, 5.41) is 5.07. The molecule has 0 aromatic carbocycles. The monoisotopic (exact) mass is 156 g/mol. The fourth-order valence-corrected chi connectivity index (χ4v) is 1.11. The first-order chi connectivity index (χ1) is 4.84. The van der Waals surface area contributed by atoms with Gasteiger partial charge in [0.15, 0.2) is 0 Å². The van der Waals surface area contributed by atoms with Gasteiger partial charge in [0.25, 0.3) is 5.91 Å². The van der Waals surface area contributed by atoms with Crippen molar-refractivity contribution in [3.8, 4) is 0 Å². The van der Waals surface area contributed by atoms with Crippen LogP contribution >= 0.6 is 12.2 Å². The Hall–Kier alpha value is -0.570. The quantitative estimate of drug-likeness (QED) is 0.440. The maximum Gasteiger partial charge on any atom is 0.271 e. The lowest BCUT2D eigenvalue weighted by molar-refractivity contribution is -0.119. The highest BCUT2D eigenvalue weighted by Gasteiger charge is 2.20. The van der Waals surface area contributed by atoms with Crippen molar-refractivity contribution in [3.05, 3.63) is 0 Å². The summed E-state index contributed by atoms with van der Waals surface area (Å²) >= 11 is 4.30. The van der Waals surface area contributed by atoms with Crippen molar-refractivity contribution in [1.82, 2.24) is 5.32 Å². The van der Waals surface area contributed by atoms with E-state index in [0.717, 1.165) is 19.4 Å². The summed E-state index contributed by atoms with van der Waals surface area (Å²) in [5.74, 6) is -0.187. The van der Waals surface area contributed by atoms with Gasteiger partial charge in [0.1, 0.15) is 0 Å². The molecule has 1 N–H and O–H groups in total. The van der Waals surface area contributed by atoms with Gasteiger partial charge in [-0.05, 0) is 31.6 Å². The first-order valence-corrected chi connectivity index (χ1v) is 3.60. The van der Waals surface area contributed by atoms with E-state index < -0.39 is 0 Å². The number of carbonyl (C=O) groups excluding carboxylic acids is 1. The minimum absolute atomic E-state index is 0.101.